The van der Waals surface area contributed by atoms with Crippen LogP contribution in [0.2, 0.25) is 0 Å². The molecule has 2 fully saturated rings. The summed E-state index contributed by atoms with van der Waals surface area (Å²) < 4.78 is 5.26. The first-order chi connectivity index (χ1) is 17.9. The van der Waals surface area contributed by atoms with Crippen LogP contribution < -0.4 is 16.5 Å². The minimum absolute atomic E-state index is 0.00934. The number of hydrogen-bond donors (Lipinski definition) is 4. The highest BCUT2D eigenvalue weighted by Crippen LogP contribution is 2.28. The summed E-state index contributed by atoms with van der Waals surface area (Å²) in [7, 11) is 0. The molecule has 1 saturated heterocycles. The molecule has 12 nitrogen and oxygen atoms in total. The molecule has 37 heavy (non-hydrogen) atoms. The Morgan fingerprint density at radius 3 is 2.65 bits per heavy atom. The molecule has 5 N–H and O–H groups in total. The lowest BCUT2D eigenvalue weighted by atomic mass is 9.98. The number of carboxylic acid groups (broad SMARTS) is 1. The number of nitrogens with one attached hydrogen (secondary N) is 2. The molecule has 1 heterocycles. The normalized spacial score (nSPS) is 18.2. The fourth-order valence-electron chi connectivity index (χ4n) is 4.36. The van der Waals surface area contributed by atoms with Gasteiger partial charge in [0.2, 0.25) is 11.8 Å². The van der Waals surface area contributed by atoms with Gasteiger partial charge in [-0.15, -0.1) is 0 Å². The van der Waals surface area contributed by atoms with Crippen LogP contribution in [0.25, 0.3) is 0 Å². The van der Waals surface area contributed by atoms with Crippen molar-refractivity contribution in [2.75, 3.05) is 26.2 Å². The number of rotatable bonds is 13. The van der Waals surface area contributed by atoms with Gasteiger partial charge >= 0.3 is 12.1 Å². The number of nitrogens with zero attached hydrogens (tertiary/aromatic N) is 3. The molecule has 2 atom stereocenters. The van der Waals surface area contributed by atoms with Gasteiger partial charge in [0.25, 0.3) is 0 Å². The summed E-state index contributed by atoms with van der Waals surface area (Å²) in [5, 5.41) is 18.0. The third-order valence-corrected chi connectivity index (χ3v) is 6.40. The molecule has 3 amide bonds. The molecule has 1 aliphatic heterocycles. The summed E-state index contributed by atoms with van der Waals surface area (Å²) in [5.41, 5.74) is 0.778. The van der Waals surface area contributed by atoms with E-state index in [0.29, 0.717) is 13.1 Å². The van der Waals surface area contributed by atoms with Gasteiger partial charge < -0.3 is 36.1 Å². The Labute approximate surface area is 216 Å². The highest BCUT2D eigenvalue weighted by atomic mass is 16.5. The number of alkyl carbamates (subject to hydrolysis) is 1. The minimum Gasteiger partial charge on any atom is -0.481 e. The maximum atomic E-state index is 13.4. The summed E-state index contributed by atoms with van der Waals surface area (Å²) in [4.78, 5) is 53.2. The SMILES string of the molecule is NN=CN1CCC[C@@H](CNC(=O)C[C@H](NC(=O)OCc2ccccc2)C(=O)N(CCC(=O)O)C2CC2)C1. The van der Waals surface area contributed by atoms with Crippen molar-refractivity contribution in [3.63, 3.8) is 0 Å². The Bertz CT molecular complexity index is 954. The number of carbonyl (C=O) groups is 4. The van der Waals surface area contributed by atoms with Crippen molar-refractivity contribution in [3.05, 3.63) is 35.9 Å². The van der Waals surface area contributed by atoms with Crippen LogP contribution in [0.4, 0.5) is 4.79 Å². The molecular weight excluding hydrogens is 480 g/mol. The topological polar surface area (TPSA) is 167 Å². The Kier molecular flexibility index (Phi) is 10.5. The van der Waals surface area contributed by atoms with Crippen molar-refractivity contribution >= 4 is 30.2 Å². The number of amides is 3. The van der Waals surface area contributed by atoms with E-state index in [4.69, 9.17) is 15.7 Å². The van der Waals surface area contributed by atoms with Crippen LogP contribution in [0.3, 0.4) is 0 Å². The summed E-state index contributed by atoms with van der Waals surface area (Å²) >= 11 is 0. The highest BCUT2D eigenvalue weighted by Gasteiger charge is 2.37. The van der Waals surface area contributed by atoms with Crippen molar-refractivity contribution in [1.82, 2.24) is 20.4 Å². The number of benzene rings is 1. The molecule has 1 saturated carbocycles. The molecule has 0 spiro atoms. The Hall–Kier alpha value is -3.83. The zero-order valence-electron chi connectivity index (χ0n) is 20.9. The third kappa shape index (κ3) is 9.62. The maximum absolute atomic E-state index is 13.4. The average molecular weight is 517 g/mol. The van der Waals surface area contributed by atoms with Crippen LogP contribution in [0, 0.1) is 5.92 Å². The predicted octanol–water partition coefficient (Wildman–Crippen LogP) is 0.867. The van der Waals surface area contributed by atoms with E-state index in [1.807, 2.05) is 23.1 Å². The maximum Gasteiger partial charge on any atom is 0.408 e. The number of carboxylic acids is 1. The zero-order chi connectivity index (χ0) is 26.6. The lowest BCUT2D eigenvalue weighted by molar-refractivity contribution is -0.140. The zero-order valence-corrected chi connectivity index (χ0v) is 20.9. The lowest BCUT2D eigenvalue weighted by Gasteiger charge is -2.31. The van der Waals surface area contributed by atoms with Gasteiger partial charge in [-0.3, -0.25) is 14.4 Å². The molecule has 3 rings (SSSR count). The van der Waals surface area contributed by atoms with Gasteiger partial charge in [-0.05, 0) is 37.2 Å². The van der Waals surface area contributed by atoms with Gasteiger partial charge in [0, 0.05) is 32.2 Å². The second kappa shape index (κ2) is 14.0. The van der Waals surface area contributed by atoms with E-state index in [2.05, 4.69) is 15.7 Å². The van der Waals surface area contributed by atoms with E-state index in [1.165, 1.54) is 4.90 Å². The number of hydrazone groups is 1. The van der Waals surface area contributed by atoms with Gasteiger partial charge in [0.15, 0.2) is 0 Å². The fourth-order valence-corrected chi connectivity index (χ4v) is 4.36. The summed E-state index contributed by atoms with van der Waals surface area (Å²) in [6.45, 7) is 1.99. The smallest absolute Gasteiger partial charge is 0.408 e. The van der Waals surface area contributed by atoms with Crippen molar-refractivity contribution in [2.45, 2.75) is 57.2 Å². The third-order valence-electron chi connectivity index (χ3n) is 6.40. The summed E-state index contributed by atoms with van der Waals surface area (Å²) in [6, 6.07) is 7.82. The van der Waals surface area contributed by atoms with Crippen molar-refractivity contribution in [1.29, 1.82) is 0 Å². The highest BCUT2D eigenvalue weighted by molar-refractivity contribution is 5.91. The molecule has 202 valence electrons. The quantitative estimate of drug-likeness (QED) is 0.130. The van der Waals surface area contributed by atoms with Crippen LogP contribution in [-0.4, -0.2) is 83.4 Å². The Morgan fingerprint density at radius 1 is 1.22 bits per heavy atom. The van der Waals surface area contributed by atoms with Gasteiger partial charge in [-0.25, -0.2) is 4.79 Å². The molecule has 0 radical (unpaired) electrons. The molecule has 0 unspecified atom stereocenters. The molecule has 0 bridgehead atoms. The van der Waals surface area contributed by atoms with E-state index in [1.54, 1.807) is 18.5 Å². The second-order valence-electron chi connectivity index (χ2n) is 9.44. The molecule has 1 aromatic rings. The number of carbonyl (C=O) groups excluding carboxylic acids is 3. The van der Waals surface area contributed by atoms with Gasteiger partial charge in [0.1, 0.15) is 19.0 Å². The summed E-state index contributed by atoms with van der Waals surface area (Å²) in [6.07, 6.45) is 3.65. The molecule has 0 aromatic heterocycles. The minimum atomic E-state index is -1.18. The summed E-state index contributed by atoms with van der Waals surface area (Å²) in [5.74, 6) is 3.54. The van der Waals surface area contributed by atoms with Crippen molar-refractivity contribution in [2.24, 2.45) is 16.9 Å². The van der Waals surface area contributed by atoms with Crippen LogP contribution in [0.5, 0.6) is 0 Å². The van der Waals surface area contributed by atoms with Crippen LogP contribution >= 0.6 is 0 Å². The first-order valence-corrected chi connectivity index (χ1v) is 12.6. The number of piperidine rings is 1. The van der Waals surface area contributed by atoms with E-state index < -0.39 is 24.0 Å². The number of hydrogen-bond acceptors (Lipinski definition) is 7. The first-order valence-electron chi connectivity index (χ1n) is 12.6. The Morgan fingerprint density at radius 2 is 1.97 bits per heavy atom. The average Bonchev–Trinajstić information content (AvgIpc) is 3.72. The molecule has 1 aliphatic carbocycles. The van der Waals surface area contributed by atoms with E-state index >= 15 is 0 Å². The molecular formula is C25H36N6O6. The standard InChI is InChI=1S/C25H36N6O6/c26-28-17-30-11-4-7-19(15-30)14-27-22(32)13-21(24(35)31(20-8-9-20)12-10-23(33)34)29-25(36)37-16-18-5-2-1-3-6-18/h1-3,5-6,17,19-21H,4,7-16,26H2,(H,27,32)(H,29,36)(H,33,34)/t19-,21-/m0/s1. The van der Waals surface area contributed by atoms with Gasteiger partial charge in [-0.1, -0.05) is 30.3 Å². The second-order valence-corrected chi connectivity index (χ2v) is 9.44. The van der Waals surface area contributed by atoms with Crippen LogP contribution in [0.15, 0.2) is 35.4 Å². The number of aliphatic carboxylic acids is 1. The number of likely N-dealkylation sites (tertiary alicyclic amines) is 1. The van der Waals surface area contributed by atoms with E-state index in [-0.39, 0.29) is 43.9 Å². The van der Waals surface area contributed by atoms with Crippen LogP contribution in [0.1, 0.15) is 44.1 Å². The van der Waals surface area contributed by atoms with E-state index in [0.717, 1.165) is 37.8 Å². The van der Waals surface area contributed by atoms with Crippen molar-refractivity contribution in [3.8, 4) is 0 Å². The number of ether oxygens (including phenoxy) is 1. The monoisotopic (exact) mass is 516 g/mol. The predicted molar refractivity (Wildman–Crippen MR) is 135 cm³/mol. The largest absolute Gasteiger partial charge is 0.481 e. The lowest BCUT2D eigenvalue weighted by Crippen LogP contribution is -2.52. The number of nitrogens with two attached hydrogens (primary N) is 1. The fraction of sp³-hybridized carbons (Fsp3) is 0.560. The van der Waals surface area contributed by atoms with Gasteiger partial charge in [0.05, 0.1) is 12.8 Å². The molecule has 12 heteroatoms. The molecule has 1 aromatic carbocycles. The van der Waals surface area contributed by atoms with Crippen LogP contribution in [-0.2, 0) is 25.7 Å². The first kappa shape index (κ1) is 27.8. The van der Waals surface area contributed by atoms with E-state index in [9.17, 15) is 19.2 Å². The Balaban J connectivity index is 1.60. The van der Waals surface area contributed by atoms with Gasteiger partial charge in [-0.2, -0.15) is 5.10 Å². The van der Waals surface area contributed by atoms with Crippen molar-refractivity contribution < 1.29 is 29.0 Å². The molecule has 2 aliphatic rings.